The first-order chi connectivity index (χ1) is 11.4. The van der Waals surface area contributed by atoms with Gasteiger partial charge in [0, 0.05) is 6.04 Å². The maximum absolute atomic E-state index is 12.5. The molecule has 0 aliphatic rings. The van der Waals surface area contributed by atoms with Crippen LogP contribution in [0.15, 0.2) is 23.1 Å². The van der Waals surface area contributed by atoms with Gasteiger partial charge in [0.15, 0.2) is 0 Å². The number of unbranched alkanes of at least 4 members (excludes halogenated alkanes) is 2. The van der Waals surface area contributed by atoms with Crippen LogP contribution in [0.3, 0.4) is 0 Å². The Morgan fingerprint density at radius 3 is 2.46 bits per heavy atom. The first-order valence-electron chi connectivity index (χ1n) is 8.75. The summed E-state index contributed by atoms with van der Waals surface area (Å²) in [5, 5.41) is 9.22. The van der Waals surface area contributed by atoms with E-state index in [0.29, 0.717) is 13.0 Å². The Kier molecular flexibility index (Phi) is 8.73. The summed E-state index contributed by atoms with van der Waals surface area (Å²) >= 11 is 0. The molecule has 1 aromatic carbocycles. The third-order valence-electron chi connectivity index (χ3n) is 3.95. The maximum atomic E-state index is 12.5. The van der Waals surface area contributed by atoms with Crippen LogP contribution in [0.1, 0.15) is 64.9 Å². The second-order valence-corrected chi connectivity index (χ2v) is 8.03. The predicted octanol–water partition coefficient (Wildman–Crippen LogP) is 3.43. The average molecular weight is 358 g/mol. The smallest absolute Gasteiger partial charge is 0.240 e. The molecule has 2 N–H and O–H groups in total. The van der Waals surface area contributed by atoms with E-state index in [1.54, 1.807) is 18.2 Å². The van der Waals surface area contributed by atoms with Crippen molar-refractivity contribution in [1.82, 2.24) is 4.72 Å². The van der Waals surface area contributed by atoms with Crippen molar-refractivity contribution in [2.75, 3.05) is 13.2 Å². The quantitative estimate of drug-likeness (QED) is 0.595. The Labute approximate surface area is 146 Å². The molecule has 0 bridgehead atoms. The fraction of sp³-hybridized carbons (Fsp3) is 0.667. The summed E-state index contributed by atoms with van der Waals surface area (Å²) in [7, 11) is -3.65. The minimum Gasteiger partial charge on any atom is -0.493 e. The van der Waals surface area contributed by atoms with E-state index >= 15 is 0 Å². The number of benzene rings is 1. The van der Waals surface area contributed by atoms with E-state index < -0.39 is 16.1 Å². The molecule has 0 fully saturated rings. The Bertz CT molecular complexity index is 595. The number of aliphatic hydroxyl groups is 1. The lowest BCUT2D eigenvalue weighted by molar-refractivity contribution is 0.254. The van der Waals surface area contributed by atoms with Crippen molar-refractivity contribution in [2.24, 2.45) is 0 Å². The van der Waals surface area contributed by atoms with E-state index in [1.165, 1.54) is 0 Å². The second-order valence-electron chi connectivity index (χ2n) is 6.32. The lowest BCUT2D eigenvalue weighted by atomic mass is 10.0. The van der Waals surface area contributed by atoms with Crippen molar-refractivity contribution >= 4 is 10.0 Å². The molecular formula is C18H31NO4S. The highest BCUT2D eigenvalue weighted by atomic mass is 32.2. The molecule has 0 unspecified atom stereocenters. The molecule has 0 aliphatic carbocycles. The standard InChI is InChI=1S/C18H31NO4S/c1-5-7-8-11-23-18-10-9-16(12-17(18)14(3)4)24(21,22)19-15(6-2)13-20/h9-10,12,14-15,19-20H,5-8,11,13H2,1-4H3/t15-/m0/s1. The summed E-state index contributed by atoms with van der Waals surface area (Å²) in [5.41, 5.74) is 0.881. The topological polar surface area (TPSA) is 75.6 Å². The van der Waals surface area contributed by atoms with Crippen molar-refractivity contribution in [3.63, 3.8) is 0 Å². The Hall–Kier alpha value is -1.11. The van der Waals surface area contributed by atoms with E-state index in [9.17, 15) is 13.5 Å². The highest BCUT2D eigenvalue weighted by Crippen LogP contribution is 2.29. The van der Waals surface area contributed by atoms with Crippen molar-refractivity contribution < 1.29 is 18.3 Å². The number of hydrogen-bond acceptors (Lipinski definition) is 4. The lowest BCUT2D eigenvalue weighted by Crippen LogP contribution is -2.36. The molecule has 0 amide bonds. The number of rotatable bonds is 11. The van der Waals surface area contributed by atoms with Gasteiger partial charge in [0.2, 0.25) is 10.0 Å². The van der Waals surface area contributed by atoms with E-state index in [4.69, 9.17) is 4.74 Å². The van der Waals surface area contributed by atoms with Crippen LogP contribution in [-0.2, 0) is 10.0 Å². The van der Waals surface area contributed by atoms with Crippen LogP contribution < -0.4 is 9.46 Å². The van der Waals surface area contributed by atoms with Gasteiger partial charge >= 0.3 is 0 Å². The third kappa shape index (κ3) is 6.07. The molecule has 0 radical (unpaired) electrons. The molecular weight excluding hydrogens is 326 g/mol. The number of ether oxygens (including phenoxy) is 1. The van der Waals surface area contributed by atoms with Crippen molar-refractivity contribution in [2.45, 2.75) is 70.2 Å². The number of sulfonamides is 1. The van der Waals surface area contributed by atoms with E-state index in [-0.39, 0.29) is 17.4 Å². The van der Waals surface area contributed by atoms with Crippen LogP contribution in [0.4, 0.5) is 0 Å². The average Bonchev–Trinajstić information content (AvgIpc) is 2.56. The van der Waals surface area contributed by atoms with Gasteiger partial charge in [-0.15, -0.1) is 0 Å². The van der Waals surface area contributed by atoms with Gasteiger partial charge in [-0.05, 0) is 42.5 Å². The van der Waals surface area contributed by atoms with E-state index in [2.05, 4.69) is 11.6 Å². The molecule has 0 aromatic heterocycles. The van der Waals surface area contributed by atoms with Crippen LogP contribution in [0, 0.1) is 0 Å². The fourth-order valence-corrected chi connectivity index (χ4v) is 3.69. The molecule has 0 aliphatic heterocycles. The summed E-state index contributed by atoms with van der Waals surface area (Å²) in [6, 6.07) is 4.50. The molecule has 1 aromatic rings. The highest BCUT2D eigenvalue weighted by molar-refractivity contribution is 7.89. The molecule has 1 rings (SSSR count). The van der Waals surface area contributed by atoms with Crippen LogP contribution in [0.5, 0.6) is 5.75 Å². The van der Waals surface area contributed by atoms with Crippen LogP contribution >= 0.6 is 0 Å². The molecule has 6 heteroatoms. The van der Waals surface area contributed by atoms with Crippen LogP contribution in [0.2, 0.25) is 0 Å². The van der Waals surface area contributed by atoms with Gasteiger partial charge in [-0.3, -0.25) is 0 Å². The van der Waals surface area contributed by atoms with Crippen LogP contribution in [0.25, 0.3) is 0 Å². The number of hydrogen-bond donors (Lipinski definition) is 2. The van der Waals surface area contributed by atoms with Crippen LogP contribution in [-0.4, -0.2) is 32.8 Å². The Morgan fingerprint density at radius 2 is 1.92 bits per heavy atom. The summed E-state index contributed by atoms with van der Waals surface area (Å²) in [4.78, 5) is 0.207. The van der Waals surface area contributed by atoms with Gasteiger partial charge in [-0.2, -0.15) is 0 Å². The Morgan fingerprint density at radius 1 is 1.21 bits per heavy atom. The van der Waals surface area contributed by atoms with E-state index in [0.717, 1.165) is 30.6 Å². The summed E-state index contributed by atoms with van der Waals surface area (Å²) < 4.78 is 33.3. The maximum Gasteiger partial charge on any atom is 0.240 e. The monoisotopic (exact) mass is 357 g/mol. The molecule has 1 atom stereocenters. The van der Waals surface area contributed by atoms with Crippen molar-refractivity contribution in [3.8, 4) is 5.75 Å². The van der Waals surface area contributed by atoms with Gasteiger partial charge in [-0.1, -0.05) is 40.5 Å². The number of aliphatic hydroxyl groups excluding tert-OH is 1. The minimum atomic E-state index is -3.65. The van der Waals surface area contributed by atoms with Gasteiger partial charge < -0.3 is 9.84 Å². The second kappa shape index (κ2) is 10.0. The van der Waals surface area contributed by atoms with Crippen molar-refractivity contribution in [3.05, 3.63) is 23.8 Å². The molecule has 24 heavy (non-hydrogen) atoms. The lowest BCUT2D eigenvalue weighted by Gasteiger charge is -2.18. The van der Waals surface area contributed by atoms with Gasteiger partial charge in [0.1, 0.15) is 5.75 Å². The molecule has 0 spiro atoms. The highest BCUT2D eigenvalue weighted by Gasteiger charge is 2.21. The molecule has 0 saturated heterocycles. The first-order valence-corrected chi connectivity index (χ1v) is 10.2. The zero-order valence-corrected chi connectivity index (χ0v) is 16.0. The molecule has 138 valence electrons. The summed E-state index contributed by atoms with van der Waals surface area (Å²) in [5.74, 6) is 0.899. The normalized spacial score (nSPS) is 13.2. The number of nitrogens with one attached hydrogen (secondary N) is 1. The molecule has 5 nitrogen and oxygen atoms in total. The largest absolute Gasteiger partial charge is 0.493 e. The Balaban J connectivity index is 3.00. The zero-order chi connectivity index (χ0) is 18.2. The van der Waals surface area contributed by atoms with Gasteiger partial charge in [0.25, 0.3) is 0 Å². The molecule has 0 saturated carbocycles. The van der Waals surface area contributed by atoms with Gasteiger partial charge in [0.05, 0.1) is 18.1 Å². The van der Waals surface area contributed by atoms with Gasteiger partial charge in [-0.25, -0.2) is 13.1 Å². The summed E-state index contributed by atoms with van der Waals surface area (Å²) in [6.07, 6.45) is 3.77. The molecule has 0 heterocycles. The zero-order valence-electron chi connectivity index (χ0n) is 15.2. The SMILES string of the molecule is CCCCCOc1ccc(S(=O)(=O)N[C@@H](CC)CO)cc1C(C)C. The fourth-order valence-electron chi connectivity index (χ4n) is 2.35. The third-order valence-corrected chi connectivity index (χ3v) is 5.47. The van der Waals surface area contributed by atoms with E-state index in [1.807, 2.05) is 20.8 Å². The van der Waals surface area contributed by atoms with Crippen molar-refractivity contribution in [1.29, 1.82) is 0 Å². The minimum absolute atomic E-state index is 0.154. The summed E-state index contributed by atoms with van der Waals surface area (Å²) in [6.45, 7) is 8.42. The predicted molar refractivity (Wildman–Crippen MR) is 97.0 cm³/mol. The first kappa shape index (κ1) is 20.9.